The smallest absolute Gasteiger partial charge is 0.131 e. The van der Waals surface area contributed by atoms with E-state index in [1.54, 1.807) is 23.1 Å². The molecule has 0 fully saturated rings. The van der Waals surface area contributed by atoms with E-state index in [4.69, 9.17) is 11.0 Å². The van der Waals surface area contributed by atoms with Crippen LogP contribution in [0.2, 0.25) is 0 Å². The summed E-state index contributed by atoms with van der Waals surface area (Å²) in [6, 6.07) is 6.33. The van der Waals surface area contributed by atoms with Crippen LogP contribution < -0.4 is 11.1 Å². The molecule has 2 rings (SSSR count). The molecule has 0 aliphatic rings. The van der Waals surface area contributed by atoms with E-state index in [0.717, 1.165) is 22.9 Å². The third-order valence-corrected chi connectivity index (χ3v) is 5.41. The molecule has 2 heterocycles. The molecule has 0 amide bonds. The third kappa shape index (κ3) is 2.80. The minimum Gasteiger partial charge on any atom is -0.396 e. The molecule has 0 radical (unpaired) electrons. The molecule has 0 aliphatic heterocycles. The average Bonchev–Trinajstić information content (AvgIpc) is 2.97. The van der Waals surface area contributed by atoms with Gasteiger partial charge in [-0.1, -0.05) is 6.07 Å². The van der Waals surface area contributed by atoms with Gasteiger partial charge in [-0.05, 0) is 24.1 Å². The first-order valence-corrected chi connectivity index (χ1v) is 8.31. The lowest BCUT2D eigenvalue weighted by Crippen LogP contribution is -2.03. The van der Waals surface area contributed by atoms with Crippen molar-refractivity contribution in [3.8, 4) is 6.07 Å². The standard InChI is InChI=1S/C12H13N3S3/c1-16-11-10(14)9(7-13)18-12(11)15-5-4-8-3-2-6-17-8/h2-3,6,15H,4-5,14H2,1H3. The van der Waals surface area contributed by atoms with Gasteiger partial charge in [0.05, 0.1) is 10.6 Å². The van der Waals surface area contributed by atoms with Crippen molar-refractivity contribution in [2.45, 2.75) is 11.3 Å². The number of nitrogens with zero attached hydrogens (tertiary/aromatic N) is 1. The average molecular weight is 295 g/mol. The molecule has 0 aliphatic carbocycles. The molecule has 0 spiro atoms. The van der Waals surface area contributed by atoms with Crippen LogP contribution in [0.1, 0.15) is 9.75 Å². The summed E-state index contributed by atoms with van der Waals surface area (Å²) in [7, 11) is 0. The van der Waals surface area contributed by atoms with Gasteiger partial charge < -0.3 is 11.1 Å². The molecule has 0 bridgehead atoms. The number of nitriles is 1. The fourth-order valence-electron chi connectivity index (χ4n) is 1.58. The Balaban J connectivity index is 2.03. The van der Waals surface area contributed by atoms with Crippen LogP contribution in [-0.4, -0.2) is 12.8 Å². The van der Waals surface area contributed by atoms with Crippen LogP contribution >= 0.6 is 34.4 Å². The number of rotatable bonds is 5. The number of hydrogen-bond donors (Lipinski definition) is 2. The summed E-state index contributed by atoms with van der Waals surface area (Å²) in [5, 5.41) is 15.4. The van der Waals surface area contributed by atoms with E-state index in [2.05, 4.69) is 28.9 Å². The summed E-state index contributed by atoms with van der Waals surface area (Å²) in [5.74, 6) is 0. The summed E-state index contributed by atoms with van der Waals surface area (Å²) < 4.78 is 0. The van der Waals surface area contributed by atoms with E-state index in [1.807, 2.05) is 6.26 Å². The van der Waals surface area contributed by atoms with Crippen LogP contribution in [0.25, 0.3) is 0 Å². The van der Waals surface area contributed by atoms with Crippen LogP contribution in [0.3, 0.4) is 0 Å². The van der Waals surface area contributed by atoms with E-state index < -0.39 is 0 Å². The Bertz CT molecular complexity index is 552. The molecule has 3 nitrogen and oxygen atoms in total. The highest BCUT2D eigenvalue weighted by Crippen LogP contribution is 2.41. The summed E-state index contributed by atoms with van der Waals surface area (Å²) >= 11 is 4.78. The first kappa shape index (κ1) is 13.3. The van der Waals surface area contributed by atoms with Gasteiger partial charge in [0.25, 0.3) is 0 Å². The van der Waals surface area contributed by atoms with Crippen molar-refractivity contribution in [2.24, 2.45) is 0 Å². The largest absolute Gasteiger partial charge is 0.396 e. The number of nitrogen functional groups attached to an aromatic ring is 1. The molecule has 0 unspecified atom stereocenters. The Morgan fingerprint density at radius 3 is 3.00 bits per heavy atom. The maximum absolute atomic E-state index is 8.97. The van der Waals surface area contributed by atoms with E-state index in [0.29, 0.717) is 10.6 Å². The summed E-state index contributed by atoms with van der Waals surface area (Å²) in [6.07, 6.45) is 2.97. The summed E-state index contributed by atoms with van der Waals surface area (Å²) in [5.41, 5.74) is 6.53. The summed E-state index contributed by atoms with van der Waals surface area (Å²) in [6.45, 7) is 0.860. The van der Waals surface area contributed by atoms with Gasteiger partial charge >= 0.3 is 0 Å². The Kier molecular flexibility index (Phi) is 4.53. The highest BCUT2D eigenvalue weighted by molar-refractivity contribution is 7.99. The highest BCUT2D eigenvalue weighted by Gasteiger charge is 2.14. The molecule has 0 atom stereocenters. The van der Waals surface area contributed by atoms with E-state index in [1.165, 1.54) is 16.2 Å². The predicted octanol–water partition coefficient (Wildman–Crippen LogP) is 3.64. The van der Waals surface area contributed by atoms with Gasteiger partial charge in [0, 0.05) is 11.4 Å². The number of nitrogens with one attached hydrogen (secondary N) is 1. The summed E-state index contributed by atoms with van der Waals surface area (Å²) in [4.78, 5) is 2.94. The monoisotopic (exact) mass is 295 g/mol. The minimum absolute atomic E-state index is 0.595. The first-order valence-electron chi connectivity index (χ1n) is 5.39. The third-order valence-electron chi connectivity index (χ3n) is 2.44. The second-order valence-corrected chi connectivity index (χ2v) is 6.44. The fraction of sp³-hybridized carbons (Fsp3) is 0.250. The van der Waals surface area contributed by atoms with Crippen molar-refractivity contribution < 1.29 is 0 Å². The van der Waals surface area contributed by atoms with Gasteiger partial charge in [0.15, 0.2) is 0 Å². The lowest BCUT2D eigenvalue weighted by molar-refractivity contribution is 1.04. The zero-order valence-corrected chi connectivity index (χ0v) is 12.3. The van der Waals surface area contributed by atoms with Gasteiger partial charge in [-0.3, -0.25) is 0 Å². The van der Waals surface area contributed by atoms with E-state index >= 15 is 0 Å². The van der Waals surface area contributed by atoms with Crippen LogP contribution in [0.4, 0.5) is 10.7 Å². The second kappa shape index (κ2) is 6.14. The topological polar surface area (TPSA) is 61.8 Å². The molecular formula is C12H13N3S3. The maximum atomic E-state index is 8.97. The molecular weight excluding hydrogens is 282 g/mol. The van der Waals surface area contributed by atoms with Crippen LogP contribution in [0.15, 0.2) is 22.4 Å². The SMILES string of the molecule is CSc1c(NCCc2cccs2)sc(C#N)c1N. The number of anilines is 2. The lowest BCUT2D eigenvalue weighted by atomic mass is 10.3. The van der Waals surface area contributed by atoms with Crippen LogP contribution in [-0.2, 0) is 6.42 Å². The zero-order valence-electron chi connectivity index (χ0n) is 9.90. The number of nitrogens with two attached hydrogens (primary N) is 1. The minimum atomic E-state index is 0.595. The lowest BCUT2D eigenvalue weighted by Gasteiger charge is -2.05. The maximum Gasteiger partial charge on any atom is 0.131 e. The van der Waals surface area contributed by atoms with Crippen molar-refractivity contribution in [2.75, 3.05) is 23.9 Å². The van der Waals surface area contributed by atoms with E-state index in [-0.39, 0.29) is 0 Å². The molecule has 18 heavy (non-hydrogen) atoms. The van der Waals surface area contributed by atoms with Gasteiger partial charge in [0.2, 0.25) is 0 Å². The molecule has 2 aromatic rings. The Labute approximate surface area is 119 Å². The Morgan fingerprint density at radius 2 is 2.39 bits per heavy atom. The van der Waals surface area contributed by atoms with Crippen molar-refractivity contribution in [3.63, 3.8) is 0 Å². The van der Waals surface area contributed by atoms with Gasteiger partial charge in [0.1, 0.15) is 15.9 Å². The van der Waals surface area contributed by atoms with Crippen molar-refractivity contribution in [3.05, 3.63) is 27.3 Å². The zero-order chi connectivity index (χ0) is 13.0. The normalized spacial score (nSPS) is 10.2. The van der Waals surface area contributed by atoms with Gasteiger partial charge in [-0.25, -0.2) is 0 Å². The van der Waals surface area contributed by atoms with Gasteiger partial charge in [-0.15, -0.1) is 34.4 Å². The molecule has 6 heteroatoms. The molecule has 0 saturated heterocycles. The molecule has 3 N–H and O–H groups in total. The predicted molar refractivity (Wildman–Crippen MR) is 81.7 cm³/mol. The Hall–Kier alpha value is -1.16. The molecule has 94 valence electrons. The number of thioether (sulfide) groups is 1. The number of hydrogen-bond acceptors (Lipinski definition) is 6. The quantitative estimate of drug-likeness (QED) is 0.827. The Morgan fingerprint density at radius 1 is 1.56 bits per heavy atom. The van der Waals surface area contributed by atoms with Crippen LogP contribution in [0.5, 0.6) is 0 Å². The van der Waals surface area contributed by atoms with Gasteiger partial charge in [-0.2, -0.15) is 5.26 Å². The van der Waals surface area contributed by atoms with Crippen LogP contribution in [0, 0.1) is 11.3 Å². The molecule has 2 aromatic heterocycles. The van der Waals surface area contributed by atoms with Crippen molar-refractivity contribution in [1.82, 2.24) is 0 Å². The van der Waals surface area contributed by atoms with Crippen molar-refractivity contribution >= 4 is 45.1 Å². The van der Waals surface area contributed by atoms with Crippen molar-refractivity contribution in [1.29, 1.82) is 5.26 Å². The number of thiophene rings is 2. The molecule has 0 aromatic carbocycles. The van der Waals surface area contributed by atoms with E-state index in [9.17, 15) is 0 Å². The first-order chi connectivity index (χ1) is 8.76. The highest BCUT2D eigenvalue weighted by atomic mass is 32.2. The second-order valence-electron chi connectivity index (χ2n) is 3.58. The molecule has 0 saturated carbocycles. The fourth-order valence-corrected chi connectivity index (χ4v) is 4.15.